The van der Waals surface area contributed by atoms with Crippen molar-refractivity contribution >= 4 is 46.0 Å². The summed E-state index contributed by atoms with van der Waals surface area (Å²) < 4.78 is 29.1. The molecule has 1 saturated carbocycles. The van der Waals surface area contributed by atoms with Gasteiger partial charge >= 0.3 is 5.97 Å². The van der Waals surface area contributed by atoms with E-state index in [1.165, 1.54) is 19.6 Å². The summed E-state index contributed by atoms with van der Waals surface area (Å²) in [7, 11) is 5.24. The fraction of sp³-hybridized carbons (Fsp3) is 0.435. The summed E-state index contributed by atoms with van der Waals surface area (Å²) in [6.07, 6.45) is 11.2. The summed E-state index contributed by atoms with van der Waals surface area (Å²) in [6, 6.07) is 16.9. The predicted molar refractivity (Wildman–Crippen MR) is 233 cm³/mol. The predicted octanol–water partition coefficient (Wildman–Crippen LogP) is 9.42. The zero-order valence-electron chi connectivity index (χ0n) is 34.5. The van der Waals surface area contributed by atoms with Crippen molar-refractivity contribution < 1.29 is 28.6 Å². The van der Waals surface area contributed by atoms with Crippen molar-refractivity contribution in [3.63, 3.8) is 0 Å². The second-order valence-electron chi connectivity index (χ2n) is 16.1. The number of carbonyl (C=O) groups excluding carboxylic acids is 1. The lowest BCUT2D eigenvalue weighted by atomic mass is 9.77. The van der Waals surface area contributed by atoms with E-state index in [1.807, 2.05) is 47.1 Å². The molecule has 7 rings (SSSR count). The Morgan fingerprint density at radius 2 is 1.82 bits per heavy atom. The third-order valence-corrected chi connectivity index (χ3v) is 13.0. The topological polar surface area (TPSA) is 131 Å². The van der Waals surface area contributed by atoms with Crippen molar-refractivity contribution in [2.24, 2.45) is 0 Å². The van der Waals surface area contributed by atoms with Gasteiger partial charge in [-0.05, 0) is 81.0 Å². The van der Waals surface area contributed by atoms with E-state index in [-0.39, 0.29) is 30.5 Å². The lowest BCUT2D eigenvalue weighted by molar-refractivity contribution is -0.137. The van der Waals surface area contributed by atoms with E-state index in [1.54, 1.807) is 19.4 Å². The van der Waals surface area contributed by atoms with Gasteiger partial charge in [-0.3, -0.25) is 19.2 Å². The lowest BCUT2D eigenvalue weighted by Gasteiger charge is -2.45. The molecule has 3 heterocycles. The molecule has 2 aliphatic rings. The molecular weight excluding hydrogens is 806 g/mol. The molecule has 1 saturated heterocycles. The maximum absolute atomic E-state index is 15.8. The molecule has 0 spiro atoms. The summed E-state index contributed by atoms with van der Waals surface area (Å²) in [5.74, 6) is -0.238. The zero-order chi connectivity index (χ0) is 42.4. The standard InChI is InChI=1S/C46H53Cl2FN6O5/c1-54(46(18-5-4-6-19-46)20-10-17-43(57)58)27-30-21-37(47)39(53-45(30)60-3)28-55-40-15-9-13-33(35(40)26-51-55)34-14-8-12-32(44(34)48)29-22-38(49)36(41(23-29)59-2)25-50-24-31-11-7-16-42(56)52-31/h8-9,12-15,21-23,26,31,50H,4-7,10-11,16-20,24-25,27-28H2,1-3H3,(H,52,56)(H,57,58)/t31-/m0/s1. The van der Waals surface area contributed by atoms with Crippen molar-refractivity contribution in [3.8, 4) is 33.9 Å². The Morgan fingerprint density at radius 3 is 2.57 bits per heavy atom. The molecule has 3 aromatic carbocycles. The molecule has 318 valence electrons. The summed E-state index contributed by atoms with van der Waals surface area (Å²) in [6.45, 7) is 1.64. The van der Waals surface area contributed by atoms with Gasteiger partial charge in [-0.2, -0.15) is 5.10 Å². The average molecular weight is 860 g/mol. The van der Waals surface area contributed by atoms with Crippen LogP contribution in [0.15, 0.2) is 60.8 Å². The minimum atomic E-state index is -0.762. The van der Waals surface area contributed by atoms with Gasteiger partial charge in [0.1, 0.15) is 11.6 Å². The molecule has 1 aliphatic heterocycles. The second kappa shape index (κ2) is 19.3. The van der Waals surface area contributed by atoms with E-state index in [4.69, 9.17) is 42.8 Å². The van der Waals surface area contributed by atoms with Gasteiger partial charge in [-0.15, -0.1) is 0 Å². The number of pyridine rings is 1. The van der Waals surface area contributed by atoms with E-state index in [0.717, 1.165) is 72.5 Å². The quantitative estimate of drug-likeness (QED) is 0.0838. The first-order chi connectivity index (χ1) is 29.0. The van der Waals surface area contributed by atoms with Crippen LogP contribution in [0.1, 0.15) is 87.4 Å². The summed E-state index contributed by atoms with van der Waals surface area (Å²) in [4.78, 5) is 30.3. The number of nitrogens with one attached hydrogen (secondary N) is 2. The number of carboxylic acid groups (broad SMARTS) is 1. The number of carbonyl (C=O) groups is 2. The van der Waals surface area contributed by atoms with Crippen LogP contribution in [0.2, 0.25) is 10.0 Å². The van der Waals surface area contributed by atoms with Gasteiger partial charge in [0.2, 0.25) is 11.8 Å². The highest BCUT2D eigenvalue weighted by atomic mass is 35.5. The number of amides is 1. The van der Waals surface area contributed by atoms with Gasteiger partial charge in [0.25, 0.3) is 0 Å². The molecule has 2 aromatic heterocycles. The summed E-state index contributed by atoms with van der Waals surface area (Å²) >= 11 is 14.1. The number of hydrogen-bond donors (Lipinski definition) is 3. The van der Waals surface area contributed by atoms with Crippen LogP contribution in [-0.4, -0.2) is 76.0 Å². The van der Waals surface area contributed by atoms with Crippen LogP contribution < -0.4 is 20.1 Å². The first kappa shape index (κ1) is 43.3. The fourth-order valence-electron chi connectivity index (χ4n) is 9.07. The number of aliphatic carboxylic acids is 1. The Morgan fingerprint density at radius 1 is 1.05 bits per heavy atom. The van der Waals surface area contributed by atoms with Gasteiger partial charge in [-0.1, -0.05) is 72.8 Å². The number of carboxylic acids is 1. The van der Waals surface area contributed by atoms with Gasteiger partial charge < -0.3 is 25.2 Å². The first-order valence-corrected chi connectivity index (χ1v) is 21.5. The number of hydrogen-bond acceptors (Lipinski definition) is 8. The number of benzene rings is 3. The maximum atomic E-state index is 15.8. The fourth-order valence-corrected chi connectivity index (χ4v) is 9.64. The number of piperidine rings is 1. The van der Waals surface area contributed by atoms with Crippen molar-refractivity contribution in [2.75, 3.05) is 27.8 Å². The van der Waals surface area contributed by atoms with Crippen molar-refractivity contribution in [3.05, 3.63) is 93.5 Å². The van der Waals surface area contributed by atoms with E-state index in [2.05, 4.69) is 22.6 Å². The van der Waals surface area contributed by atoms with Gasteiger partial charge in [0.15, 0.2) is 0 Å². The average Bonchev–Trinajstić information content (AvgIpc) is 3.65. The summed E-state index contributed by atoms with van der Waals surface area (Å²) in [5.41, 5.74) is 5.52. The van der Waals surface area contributed by atoms with E-state index in [9.17, 15) is 14.7 Å². The molecule has 0 bridgehead atoms. The van der Waals surface area contributed by atoms with Crippen molar-refractivity contribution in [1.82, 2.24) is 30.3 Å². The van der Waals surface area contributed by atoms with Gasteiger partial charge in [-0.25, -0.2) is 9.37 Å². The Balaban J connectivity index is 1.11. The molecule has 60 heavy (non-hydrogen) atoms. The molecule has 1 amide bonds. The van der Waals surface area contributed by atoms with E-state index < -0.39 is 11.8 Å². The van der Waals surface area contributed by atoms with Crippen molar-refractivity contribution in [2.45, 2.75) is 102 Å². The zero-order valence-corrected chi connectivity index (χ0v) is 36.0. The number of methoxy groups -OCH3 is 2. The Hall–Kier alpha value is -4.75. The molecule has 0 radical (unpaired) electrons. The molecule has 2 fully saturated rings. The maximum Gasteiger partial charge on any atom is 0.303 e. The van der Waals surface area contributed by atoms with Crippen LogP contribution in [0.25, 0.3) is 33.2 Å². The highest BCUT2D eigenvalue weighted by Crippen LogP contribution is 2.42. The molecule has 3 N–H and O–H groups in total. The lowest BCUT2D eigenvalue weighted by Crippen LogP contribution is -2.47. The molecular formula is C46H53Cl2FN6O5. The van der Waals surface area contributed by atoms with Crippen molar-refractivity contribution in [1.29, 1.82) is 0 Å². The number of nitrogens with zero attached hydrogens (tertiary/aromatic N) is 4. The Bertz CT molecular complexity index is 2350. The number of rotatable bonds is 17. The summed E-state index contributed by atoms with van der Waals surface area (Å²) in [5, 5.41) is 22.2. The van der Waals surface area contributed by atoms with Crippen LogP contribution in [0.5, 0.6) is 11.6 Å². The second-order valence-corrected chi connectivity index (χ2v) is 16.9. The van der Waals surface area contributed by atoms with Crippen LogP contribution in [0, 0.1) is 5.82 Å². The van der Waals surface area contributed by atoms with E-state index in [0.29, 0.717) is 76.5 Å². The first-order valence-electron chi connectivity index (χ1n) is 20.8. The smallest absolute Gasteiger partial charge is 0.303 e. The molecule has 5 aromatic rings. The highest BCUT2D eigenvalue weighted by molar-refractivity contribution is 6.36. The van der Waals surface area contributed by atoms with Crippen LogP contribution >= 0.6 is 23.2 Å². The molecule has 1 atom stereocenters. The molecule has 14 heteroatoms. The monoisotopic (exact) mass is 858 g/mol. The molecule has 0 unspecified atom stereocenters. The van der Waals surface area contributed by atoms with Crippen LogP contribution in [-0.2, 0) is 29.2 Å². The van der Waals surface area contributed by atoms with Crippen LogP contribution in [0.3, 0.4) is 0 Å². The minimum Gasteiger partial charge on any atom is -0.496 e. The third kappa shape index (κ3) is 9.57. The van der Waals surface area contributed by atoms with Gasteiger partial charge in [0.05, 0.1) is 48.2 Å². The number of fused-ring (bicyclic) bond motifs is 1. The number of ether oxygens (including phenoxy) is 2. The normalized spacial score (nSPS) is 16.6. The molecule has 1 aliphatic carbocycles. The highest BCUT2D eigenvalue weighted by Gasteiger charge is 2.36. The molecule has 11 nitrogen and oxygen atoms in total. The van der Waals surface area contributed by atoms with Crippen LogP contribution in [0.4, 0.5) is 4.39 Å². The van der Waals surface area contributed by atoms with Gasteiger partial charge in [0, 0.05) is 71.7 Å². The minimum absolute atomic E-state index is 0.0183. The SMILES string of the molecule is COc1cc(-c2cccc(-c3cccc4c3cnn4Cc3nc(OC)c(CN(C)C4(CCCC(=O)O)CCCCC4)cc3Cl)c2Cl)cc(F)c1CNC[C@@H]1CCCC(=O)N1. The largest absolute Gasteiger partial charge is 0.496 e. The third-order valence-electron chi connectivity index (χ3n) is 12.3. The number of halogens is 3. The number of aromatic nitrogens is 3. The Labute approximate surface area is 360 Å². The Kier molecular flexibility index (Phi) is 14.0. The van der Waals surface area contributed by atoms with E-state index >= 15 is 4.39 Å².